The van der Waals surface area contributed by atoms with Gasteiger partial charge in [-0.3, -0.25) is 0 Å². The number of hydrogen-bond donors (Lipinski definition) is 0. The molecule has 12 aromatic rings. The number of para-hydroxylation sites is 2. The smallest absolute Gasteiger partial charge is 0.252 e. The Kier molecular flexibility index (Phi) is 13.4. The van der Waals surface area contributed by atoms with Crippen LogP contribution in [0.2, 0.25) is 0 Å². The van der Waals surface area contributed by atoms with E-state index in [1.165, 1.54) is 105 Å². The number of anilines is 8. The van der Waals surface area contributed by atoms with Crippen molar-refractivity contribution in [1.29, 1.82) is 0 Å². The summed E-state index contributed by atoms with van der Waals surface area (Å²) in [5.41, 5.74) is 16.6. The maximum absolute atomic E-state index is 2.91. The Balaban J connectivity index is 0.983. The van der Waals surface area contributed by atoms with Crippen molar-refractivity contribution in [3.8, 4) is 0 Å². The molecule has 2 atom stereocenters. The second-order valence-corrected chi connectivity index (χ2v) is 34.7. The highest BCUT2D eigenvalue weighted by Gasteiger charge is 2.62. The average molecular weight is 1190 g/mol. The lowest BCUT2D eigenvalue weighted by Crippen LogP contribution is -2.74. The van der Waals surface area contributed by atoms with Gasteiger partial charge in [-0.2, -0.15) is 0 Å². The molecule has 6 heteroatoms. The maximum atomic E-state index is 2.91. The first-order valence-electron chi connectivity index (χ1n) is 32.5. The molecule has 3 nitrogen and oxygen atoms in total. The van der Waals surface area contributed by atoms with E-state index in [0.29, 0.717) is 0 Å². The molecule has 2 unspecified atom stereocenters. The highest BCUT2D eigenvalue weighted by molar-refractivity contribution is 7.20. The van der Waals surface area contributed by atoms with Crippen LogP contribution < -0.4 is 72.6 Å². The first kappa shape index (κ1) is 55.8. The van der Waals surface area contributed by atoms with Crippen LogP contribution >= 0.6 is 0 Å². The summed E-state index contributed by atoms with van der Waals surface area (Å²) >= 11 is 0. The molecule has 1 fully saturated rings. The zero-order chi connectivity index (χ0) is 60.8. The fourth-order valence-electron chi connectivity index (χ4n) is 17.0. The van der Waals surface area contributed by atoms with Crippen LogP contribution in [0, 0.1) is 0 Å². The predicted molar refractivity (Wildman–Crippen MR) is 389 cm³/mol. The summed E-state index contributed by atoms with van der Waals surface area (Å²) in [6.07, 6.45) is 4.70. The Morgan fingerprint density at radius 3 is 1.21 bits per heavy atom. The Morgan fingerprint density at radius 1 is 0.378 bits per heavy atom. The van der Waals surface area contributed by atoms with Crippen molar-refractivity contribution in [3.05, 3.63) is 321 Å². The van der Waals surface area contributed by atoms with Gasteiger partial charge in [-0.1, -0.05) is 295 Å². The molecule has 1 aliphatic carbocycles. The molecule has 3 aliphatic heterocycles. The normalized spacial score (nSPS) is 17.2. The second kappa shape index (κ2) is 21.6. The van der Waals surface area contributed by atoms with Gasteiger partial charge in [0.15, 0.2) is 16.1 Å². The first-order valence-corrected chi connectivity index (χ1v) is 36.5. The lowest BCUT2D eigenvalue weighted by Gasteiger charge is -2.53. The van der Waals surface area contributed by atoms with E-state index in [9.17, 15) is 0 Å². The van der Waals surface area contributed by atoms with Crippen LogP contribution in [0.3, 0.4) is 0 Å². The fraction of sp³-hybridized carbons (Fsp3) is 0.143. The van der Waals surface area contributed by atoms with Gasteiger partial charge < -0.3 is 14.7 Å². The molecule has 0 radical (unpaired) electrons. The largest absolute Gasteiger partial charge is 0.335 e. The minimum Gasteiger partial charge on any atom is -0.335 e. The van der Waals surface area contributed by atoms with Crippen LogP contribution in [-0.4, -0.2) is 28.4 Å². The summed E-state index contributed by atoms with van der Waals surface area (Å²) in [6.45, 7) is 12.5. The van der Waals surface area contributed by atoms with Crippen molar-refractivity contribution >= 4 is 126 Å². The maximum Gasteiger partial charge on any atom is 0.252 e. The molecule has 0 spiro atoms. The Bertz CT molecular complexity index is 4240. The molecule has 0 amide bonds. The standard InChI is InChI=1S/C84H74BN3Si2/c1-82(2,3)61-57-74-81-76(58-61)85-75-45-27-28-46-77(75)87(62-31-13-6-14-32-62)78-59-65(60-79(80(78)85)88(81)84(5)56-30-29-55-83(74,84)4)86(63-47-51-72(52-48-63)89(66-33-15-7-16-34-66,67-35-17-8-18-36-67)68-37-19-9-20-38-68)64-49-53-73(54-50-64)90(69-39-21-10-22-40-69,70-41-23-11-24-42-70)71-43-25-12-26-44-71/h6-28,31-54,57-60H,29-30,55-56H2,1-5H3. The topological polar surface area (TPSA) is 9.72 Å². The van der Waals surface area contributed by atoms with E-state index in [1.54, 1.807) is 0 Å². The van der Waals surface area contributed by atoms with E-state index < -0.39 is 16.1 Å². The van der Waals surface area contributed by atoms with Crippen LogP contribution in [0.4, 0.5) is 45.5 Å². The van der Waals surface area contributed by atoms with E-state index in [2.05, 4.69) is 359 Å². The molecule has 12 aromatic carbocycles. The summed E-state index contributed by atoms with van der Waals surface area (Å²) in [5, 5.41) is 10.8. The zero-order valence-corrected chi connectivity index (χ0v) is 54.2. The van der Waals surface area contributed by atoms with E-state index in [4.69, 9.17) is 0 Å². The van der Waals surface area contributed by atoms with Gasteiger partial charge in [0.25, 0.3) is 6.71 Å². The number of hydrogen-bond acceptors (Lipinski definition) is 3. The molecule has 90 heavy (non-hydrogen) atoms. The summed E-state index contributed by atoms with van der Waals surface area (Å²) < 4.78 is 0. The molecule has 436 valence electrons. The lowest BCUT2D eigenvalue weighted by molar-refractivity contribution is 0.195. The van der Waals surface area contributed by atoms with Gasteiger partial charge in [-0.15, -0.1) is 0 Å². The van der Waals surface area contributed by atoms with E-state index in [0.717, 1.165) is 35.6 Å². The van der Waals surface area contributed by atoms with E-state index >= 15 is 0 Å². The van der Waals surface area contributed by atoms with Crippen molar-refractivity contribution in [3.63, 3.8) is 0 Å². The van der Waals surface area contributed by atoms with Crippen LogP contribution in [0.5, 0.6) is 0 Å². The lowest BCUT2D eigenvalue weighted by atomic mass is 9.33. The monoisotopic (exact) mass is 1190 g/mol. The van der Waals surface area contributed by atoms with Gasteiger partial charge in [0.05, 0.1) is 11.2 Å². The Morgan fingerprint density at radius 2 is 0.767 bits per heavy atom. The molecule has 0 N–H and O–H groups in total. The Hall–Kier alpha value is -9.46. The van der Waals surface area contributed by atoms with Crippen LogP contribution in [0.25, 0.3) is 0 Å². The highest BCUT2D eigenvalue weighted by Crippen LogP contribution is 2.62. The van der Waals surface area contributed by atoms with Crippen molar-refractivity contribution in [1.82, 2.24) is 0 Å². The molecule has 1 saturated carbocycles. The van der Waals surface area contributed by atoms with Gasteiger partial charge in [-0.05, 0) is 149 Å². The van der Waals surface area contributed by atoms with E-state index in [-0.39, 0.29) is 23.1 Å². The van der Waals surface area contributed by atoms with Crippen molar-refractivity contribution in [2.45, 2.75) is 76.7 Å². The summed E-state index contributed by atoms with van der Waals surface area (Å²) in [6, 6.07) is 119. The number of rotatable bonds is 12. The summed E-state index contributed by atoms with van der Waals surface area (Å²) in [7, 11) is -5.75. The first-order chi connectivity index (χ1) is 44.0. The Labute approximate surface area is 534 Å². The minimum atomic E-state index is -2.87. The van der Waals surface area contributed by atoms with E-state index in [1.807, 2.05) is 0 Å². The average Bonchev–Trinajstić information content (AvgIpc) is 1.47. The highest BCUT2D eigenvalue weighted by atomic mass is 28.3. The molecule has 3 heterocycles. The number of fused-ring (bicyclic) bond motifs is 7. The van der Waals surface area contributed by atoms with Crippen LogP contribution in [0.15, 0.2) is 309 Å². The molecule has 0 aromatic heterocycles. The molecule has 0 saturated heterocycles. The van der Waals surface area contributed by atoms with Gasteiger partial charge in [0.2, 0.25) is 0 Å². The molecule has 0 bridgehead atoms. The second-order valence-electron chi connectivity index (χ2n) is 27.0. The van der Waals surface area contributed by atoms with Gasteiger partial charge in [-0.25, -0.2) is 0 Å². The number of benzene rings is 12. The van der Waals surface area contributed by atoms with Gasteiger partial charge in [0, 0.05) is 45.2 Å². The van der Waals surface area contributed by atoms with Crippen molar-refractivity contribution in [2.24, 2.45) is 0 Å². The molecule has 4 aliphatic rings. The summed E-state index contributed by atoms with van der Waals surface area (Å²) in [5.74, 6) is 0. The third kappa shape index (κ3) is 8.37. The minimum absolute atomic E-state index is 0.0194. The van der Waals surface area contributed by atoms with Gasteiger partial charge in [0.1, 0.15) is 0 Å². The van der Waals surface area contributed by atoms with Crippen LogP contribution in [0.1, 0.15) is 71.4 Å². The number of nitrogens with zero attached hydrogens (tertiary/aromatic N) is 3. The van der Waals surface area contributed by atoms with Crippen LogP contribution in [-0.2, 0) is 10.8 Å². The summed E-state index contributed by atoms with van der Waals surface area (Å²) in [4.78, 5) is 8.09. The third-order valence-electron chi connectivity index (χ3n) is 21.4. The van der Waals surface area contributed by atoms with Gasteiger partial charge >= 0.3 is 0 Å². The van der Waals surface area contributed by atoms with Crippen molar-refractivity contribution in [2.75, 3.05) is 14.7 Å². The molecular formula is C84H74BN3Si2. The van der Waals surface area contributed by atoms with Crippen molar-refractivity contribution < 1.29 is 0 Å². The third-order valence-corrected chi connectivity index (χ3v) is 31.0. The molecule has 16 rings (SSSR count). The fourth-order valence-corrected chi connectivity index (χ4v) is 26.5. The zero-order valence-electron chi connectivity index (χ0n) is 52.2. The quantitative estimate of drug-likeness (QED) is 0.0892. The molecular weight excluding hydrogens is 1120 g/mol. The predicted octanol–water partition coefficient (Wildman–Crippen LogP) is 13.6. The SMILES string of the molecule is CC(C)(C)c1cc2c3c(c1)C1(C)CCCCC1(C)N3c1cc(N(c3ccc([Si](c4ccccc4)(c4ccccc4)c4ccccc4)cc3)c3ccc([Si](c4ccccc4)(c4ccccc4)c4ccccc4)cc3)cc3c1B2c1ccccc1N3c1ccccc1.